The molecule has 0 spiro atoms. The van der Waals surface area contributed by atoms with E-state index in [1.54, 1.807) is 0 Å². The van der Waals surface area contributed by atoms with Crippen molar-refractivity contribution in [2.75, 3.05) is 19.8 Å². The van der Waals surface area contributed by atoms with Crippen LogP contribution in [-0.4, -0.2) is 31.8 Å². The Morgan fingerprint density at radius 2 is 1.90 bits per heavy atom. The first-order valence-corrected chi connectivity index (χ1v) is 9.86. The van der Waals surface area contributed by atoms with Crippen LogP contribution in [0.2, 0.25) is 0 Å². The van der Waals surface area contributed by atoms with Crippen molar-refractivity contribution in [1.82, 2.24) is 10.6 Å². The maximum atomic E-state index is 12.7. The van der Waals surface area contributed by atoms with Crippen molar-refractivity contribution in [2.45, 2.75) is 19.6 Å². The smallest absolute Gasteiger partial charge is 0.319 e. The summed E-state index contributed by atoms with van der Waals surface area (Å²) in [4.78, 5) is 24.7. The molecule has 2 aromatic rings. The van der Waals surface area contributed by atoms with Gasteiger partial charge in [-0.05, 0) is 30.2 Å². The Balaban J connectivity index is 1.73. The Bertz CT molecular complexity index is 884. The number of hydrogen-bond acceptors (Lipinski definition) is 5. The minimum atomic E-state index is -0.770. The molecule has 2 atom stereocenters. The fourth-order valence-corrected chi connectivity index (χ4v) is 3.21. The van der Waals surface area contributed by atoms with E-state index in [1.807, 2.05) is 61.5 Å². The minimum Gasteiger partial charge on any atom is -0.489 e. The van der Waals surface area contributed by atoms with Gasteiger partial charge in [-0.15, -0.1) is 0 Å². The van der Waals surface area contributed by atoms with Gasteiger partial charge >= 0.3 is 12.0 Å². The van der Waals surface area contributed by atoms with Crippen LogP contribution in [0, 0.1) is 5.92 Å². The van der Waals surface area contributed by atoms with Crippen LogP contribution in [0.5, 0.6) is 5.75 Å². The van der Waals surface area contributed by atoms with Crippen molar-refractivity contribution < 1.29 is 23.8 Å². The maximum Gasteiger partial charge on any atom is 0.319 e. The molecule has 0 radical (unpaired) electrons. The lowest BCUT2D eigenvalue weighted by Crippen LogP contribution is -2.51. The first-order valence-electron chi connectivity index (χ1n) is 9.86. The van der Waals surface area contributed by atoms with Crippen LogP contribution < -0.4 is 15.4 Å². The second kappa shape index (κ2) is 10.5. The molecule has 1 aliphatic heterocycles. The Morgan fingerprint density at radius 1 is 1.10 bits per heavy atom. The summed E-state index contributed by atoms with van der Waals surface area (Å²) in [5, 5.41) is 5.36. The summed E-state index contributed by atoms with van der Waals surface area (Å²) in [6.07, 6.45) is 0. The summed E-state index contributed by atoms with van der Waals surface area (Å²) < 4.78 is 16.4. The molecule has 7 heteroatoms. The molecule has 1 fully saturated rings. The standard InChI is InChI=1S/C23H26N2O5/c1-3-28-12-13-29-22(26)20-16(2)24-23(27)25-21(20)18-10-7-11-19(14-18)30-15-17-8-5-4-6-9-17/h4-11,14,20-21H,2-3,12-13,15H2,1H3,(H2,24,25,27)/t20-,21+/m0/s1. The van der Waals surface area contributed by atoms with E-state index in [1.165, 1.54) is 0 Å². The number of rotatable bonds is 9. The van der Waals surface area contributed by atoms with Crippen LogP contribution in [-0.2, 0) is 20.9 Å². The first-order chi connectivity index (χ1) is 14.6. The van der Waals surface area contributed by atoms with E-state index < -0.39 is 24.0 Å². The average molecular weight is 410 g/mol. The minimum absolute atomic E-state index is 0.136. The summed E-state index contributed by atoms with van der Waals surface area (Å²) in [7, 11) is 0. The molecule has 2 aromatic carbocycles. The van der Waals surface area contributed by atoms with Gasteiger partial charge in [0.15, 0.2) is 0 Å². The first kappa shape index (κ1) is 21.4. The Hall–Kier alpha value is -3.32. The summed E-state index contributed by atoms with van der Waals surface area (Å²) >= 11 is 0. The Kier molecular flexibility index (Phi) is 7.45. The molecule has 2 N–H and O–H groups in total. The molecule has 0 aliphatic carbocycles. The molecule has 1 saturated heterocycles. The number of nitrogens with one attached hydrogen (secondary N) is 2. The van der Waals surface area contributed by atoms with Gasteiger partial charge in [-0.25, -0.2) is 4.79 Å². The van der Waals surface area contributed by atoms with Crippen LogP contribution in [0.15, 0.2) is 66.9 Å². The van der Waals surface area contributed by atoms with E-state index in [2.05, 4.69) is 17.2 Å². The van der Waals surface area contributed by atoms with Gasteiger partial charge in [-0.1, -0.05) is 49.0 Å². The molecular weight excluding hydrogens is 384 g/mol. The number of amides is 2. The van der Waals surface area contributed by atoms with E-state index in [-0.39, 0.29) is 6.61 Å². The third-order valence-electron chi connectivity index (χ3n) is 4.67. The fraction of sp³-hybridized carbons (Fsp3) is 0.304. The van der Waals surface area contributed by atoms with Crippen molar-refractivity contribution in [2.24, 2.45) is 5.92 Å². The zero-order chi connectivity index (χ0) is 21.3. The lowest BCUT2D eigenvalue weighted by molar-refractivity contribution is -0.150. The second-order valence-electron chi connectivity index (χ2n) is 6.79. The quantitative estimate of drug-likeness (QED) is 0.489. The lowest BCUT2D eigenvalue weighted by Gasteiger charge is -2.33. The normalized spacial score (nSPS) is 18.3. The average Bonchev–Trinajstić information content (AvgIpc) is 2.75. The summed E-state index contributed by atoms with van der Waals surface area (Å²) in [6.45, 7) is 7.13. The number of carbonyl (C=O) groups is 2. The molecule has 0 bridgehead atoms. The highest BCUT2D eigenvalue weighted by molar-refractivity contribution is 5.85. The predicted molar refractivity (Wildman–Crippen MR) is 112 cm³/mol. The predicted octanol–water partition coefficient (Wildman–Crippen LogP) is 3.33. The van der Waals surface area contributed by atoms with Crippen LogP contribution in [0.4, 0.5) is 4.79 Å². The summed E-state index contributed by atoms with van der Waals surface area (Å²) in [5.74, 6) is -0.611. The second-order valence-corrected chi connectivity index (χ2v) is 6.79. The highest BCUT2D eigenvalue weighted by Crippen LogP contribution is 2.32. The number of urea groups is 1. The molecule has 2 amide bonds. The van der Waals surface area contributed by atoms with Gasteiger partial charge in [-0.2, -0.15) is 0 Å². The van der Waals surface area contributed by atoms with Crippen molar-refractivity contribution in [1.29, 1.82) is 0 Å². The maximum absolute atomic E-state index is 12.7. The van der Waals surface area contributed by atoms with Gasteiger partial charge in [0.25, 0.3) is 0 Å². The van der Waals surface area contributed by atoms with E-state index in [4.69, 9.17) is 14.2 Å². The Morgan fingerprint density at radius 3 is 2.67 bits per heavy atom. The van der Waals surface area contributed by atoms with Crippen molar-refractivity contribution in [3.63, 3.8) is 0 Å². The third kappa shape index (κ3) is 5.61. The molecule has 158 valence electrons. The topological polar surface area (TPSA) is 85.9 Å². The van der Waals surface area contributed by atoms with E-state index in [0.717, 1.165) is 11.1 Å². The van der Waals surface area contributed by atoms with E-state index >= 15 is 0 Å². The molecule has 0 unspecified atom stereocenters. The largest absolute Gasteiger partial charge is 0.489 e. The molecule has 7 nitrogen and oxygen atoms in total. The zero-order valence-electron chi connectivity index (χ0n) is 16.9. The van der Waals surface area contributed by atoms with E-state index in [9.17, 15) is 9.59 Å². The van der Waals surface area contributed by atoms with Gasteiger partial charge < -0.3 is 24.8 Å². The molecule has 1 aliphatic rings. The van der Waals surface area contributed by atoms with E-state index in [0.29, 0.717) is 31.3 Å². The number of hydrogen-bond donors (Lipinski definition) is 2. The van der Waals surface area contributed by atoms with Crippen LogP contribution in [0.3, 0.4) is 0 Å². The number of carbonyl (C=O) groups excluding carboxylic acids is 2. The van der Waals surface area contributed by atoms with Gasteiger partial charge in [0.05, 0.1) is 12.6 Å². The van der Waals surface area contributed by atoms with Crippen LogP contribution in [0.25, 0.3) is 0 Å². The lowest BCUT2D eigenvalue weighted by atomic mass is 9.89. The molecular formula is C23H26N2O5. The zero-order valence-corrected chi connectivity index (χ0v) is 16.9. The van der Waals surface area contributed by atoms with Crippen molar-refractivity contribution >= 4 is 12.0 Å². The number of esters is 1. The third-order valence-corrected chi connectivity index (χ3v) is 4.67. The summed E-state index contributed by atoms with van der Waals surface area (Å²) in [6, 6.07) is 16.1. The summed E-state index contributed by atoms with van der Waals surface area (Å²) in [5.41, 5.74) is 2.06. The van der Waals surface area contributed by atoms with Crippen molar-refractivity contribution in [3.05, 3.63) is 78.0 Å². The number of benzene rings is 2. The van der Waals surface area contributed by atoms with Gasteiger partial charge in [0, 0.05) is 12.3 Å². The molecule has 0 aromatic heterocycles. The SMILES string of the molecule is C=C1NC(=O)N[C@H](c2cccc(OCc3ccccc3)c2)[C@H]1C(=O)OCCOCC. The highest BCUT2D eigenvalue weighted by atomic mass is 16.6. The van der Waals surface area contributed by atoms with Crippen molar-refractivity contribution in [3.8, 4) is 5.75 Å². The molecule has 1 heterocycles. The molecule has 0 saturated carbocycles. The van der Waals surface area contributed by atoms with Crippen LogP contribution in [0.1, 0.15) is 24.1 Å². The van der Waals surface area contributed by atoms with Gasteiger partial charge in [0.2, 0.25) is 0 Å². The van der Waals surface area contributed by atoms with Crippen LogP contribution >= 0.6 is 0 Å². The molecule has 30 heavy (non-hydrogen) atoms. The fourth-order valence-electron chi connectivity index (χ4n) is 3.21. The number of ether oxygens (including phenoxy) is 3. The monoisotopic (exact) mass is 410 g/mol. The van der Waals surface area contributed by atoms with Gasteiger partial charge in [-0.3, -0.25) is 4.79 Å². The molecule has 3 rings (SSSR count). The Labute approximate surface area is 176 Å². The highest BCUT2D eigenvalue weighted by Gasteiger charge is 2.39. The van der Waals surface area contributed by atoms with Gasteiger partial charge in [0.1, 0.15) is 24.9 Å².